The molecule has 124 valence electrons. The molecule has 2 N–H and O–H groups in total. The van der Waals surface area contributed by atoms with E-state index in [-0.39, 0.29) is 5.91 Å². The average molecular weight is 316 g/mol. The van der Waals surface area contributed by atoms with Crippen LogP contribution in [0.5, 0.6) is 0 Å². The van der Waals surface area contributed by atoms with E-state index in [4.69, 9.17) is 4.74 Å². The average Bonchev–Trinajstić information content (AvgIpc) is 2.43. The molecule has 0 aliphatic rings. The molecule has 5 heteroatoms. The Morgan fingerprint density at radius 1 is 1.22 bits per heavy atom. The lowest BCUT2D eigenvalue weighted by Gasteiger charge is -2.19. The zero-order chi connectivity index (χ0) is 17.3. The Morgan fingerprint density at radius 3 is 2.61 bits per heavy atom. The van der Waals surface area contributed by atoms with E-state index in [1.54, 1.807) is 0 Å². The van der Waals surface area contributed by atoms with Crippen LogP contribution in [0.25, 0.3) is 0 Å². The van der Waals surface area contributed by atoms with Crippen molar-refractivity contribution in [3.8, 4) is 11.8 Å². The van der Waals surface area contributed by atoms with Crippen molar-refractivity contribution in [1.29, 1.82) is 0 Å². The van der Waals surface area contributed by atoms with Crippen LogP contribution in [0.3, 0.4) is 0 Å². The number of nitrogens with one attached hydrogen (secondary N) is 2. The summed E-state index contributed by atoms with van der Waals surface area (Å²) in [6.45, 7) is 7.88. The van der Waals surface area contributed by atoms with Crippen LogP contribution in [-0.4, -0.2) is 24.1 Å². The Bertz CT molecular complexity index is 607. The van der Waals surface area contributed by atoms with E-state index in [2.05, 4.69) is 22.5 Å². The van der Waals surface area contributed by atoms with Gasteiger partial charge in [0.25, 0.3) is 0 Å². The fraction of sp³-hybridized carbons (Fsp3) is 0.444. The topological polar surface area (TPSA) is 67.4 Å². The van der Waals surface area contributed by atoms with Crippen molar-refractivity contribution in [2.24, 2.45) is 0 Å². The third-order valence-corrected chi connectivity index (χ3v) is 2.62. The van der Waals surface area contributed by atoms with Crippen molar-refractivity contribution in [3.63, 3.8) is 0 Å². The summed E-state index contributed by atoms with van der Waals surface area (Å²) < 4.78 is 5.19. The highest BCUT2D eigenvalue weighted by Gasteiger charge is 2.15. The fourth-order valence-electron chi connectivity index (χ4n) is 1.71. The molecule has 1 aromatic rings. The summed E-state index contributed by atoms with van der Waals surface area (Å²) in [5.41, 5.74) is 1.31. The Hall–Kier alpha value is -2.48. The molecule has 1 rings (SSSR count). The lowest BCUT2D eigenvalue weighted by atomic mass is 10.1. The van der Waals surface area contributed by atoms with Crippen molar-refractivity contribution in [2.45, 2.75) is 46.3 Å². The summed E-state index contributed by atoms with van der Waals surface area (Å²) in [5.74, 6) is 5.99. The first-order valence-electron chi connectivity index (χ1n) is 7.55. The first kappa shape index (κ1) is 18.6. The molecule has 0 unspecified atom stereocenters. The standard InChI is InChI=1S/C18H24N2O3/c1-14(21)19-11-6-5-8-15-9-7-10-16(12-15)13-20-17(22)23-18(2,3)4/h7,9-10,12H,6,11,13H2,1-4H3,(H,19,21)(H,20,22). The second-order valence-electron chi connectivity index (χ2n) is 6.09. The third-order valence-electron chi connectivity index (χ3n) is 2.62. The summed E-state index contributed by atoms with van der Waals surface area (Å²) in [6.07, 6.45) is 0.157. The Morgan fingerprint density at radius 2 is 1.96 bits per heavy atom. The number of carbonyl (C=O) groups is 2. The van der Waals surface area contributed by atoms with Gasteiger partial charge in [-0.15, -0.1) is 0 Å². The first-order chi connectivity index (χ1) is 10.8. The lowest BCUT2D eigenvalue weighted by Crippen LogP contribution is -2.32. The normalized spacial score (nSPS) is 10.3. The van der Waals surface area contributed by atoms with Gasteiger partial charge in [0.2, 0.25) is 5.91 Å². The van der Waals surface area contributed by atoms with Gasteiger partial charge in [-0.25, -0.2) is 4.79 Å². The van der Waals surface area contributed by atoms with Crippen LogP contribution in [0.1, 0.15) is 45.2 Å². The Kier molecular flexibility index (Phi) is 7.14. The maximum atomic E-state index is 11.6. The molecule has 0 saturated heterocycles. The molecular weight excluding hydrogens is 292 g/mol. The number of rotatable bonds is 4. The van der Waals surface area contributed by atoms with E-state index in [0.717, 1.165) is 11.1 Å². The summed E-state index contributed by atoms with van der Waals surface area (Å²) in [6, 6.07) is 7.63. The van der Waals surface area contributed by atoms with Crippen LogP contribution in [0.2, 0.25) is 0 Å². The van der Waals surface area contributed by atoms with Crippen LogP contribution < -0.4 is 10.6 Å². The smallest absolute Gasteiger partial charge is 0.407 e. The fourth-order valence-corrected chi connectivity index (χ4v) is 1.71. The van der Waals surface area contributed by atoms with Gasteiger partial charge in [0.1, 0.15) is 5.60 Å². The summed E-state index contributed by atoms with van der Waals surface area (Å²) in [7, 11) is 0. The van der Waals surface area contributed by atoms with Gasteiger partial charge in [-0.2, -0.15) is 0 Å². The van der Waals surface area contributed by atoms with Crippen LogP contribution in [0.15, 0.2) is 24.3 Å². The summed E-state index contributed by atoms with van der Waals surface area (Å²) in [5, 5.41) is 5.41. The van der Waals surface area contributed by atoms with Gasteiger partial charge in [0.05, 0.1) is 0 Å². The predicted molar refractivity (Wildman–Crippen MR) is 89.7 cm³/mol. The van der Waals surface area contributed by atoms with E-state index in [1.807, 2.05) is 45.0 Å². The highest BCUT2D eigenvalue weighted by molar-refractivity contribution is 5.72. The van der Waals surface area contributed by atoms with Crippen molar-refractivity contribution in [2.75, 3.05) is 6.54 Å². The maximum Gasteiger partial charge on any atom is 0.407 e. The number of hydrogen-bond donors (Lipinski definition) is 2. The number of hydrogen-bond acceptors (Lipinski definition) is 3. The molecule has 0 radical (unpaired) electrons. The van der Waals surface area contributed by atoms with E-state index >= 15 is 0 Å². The van der Waals surface area contributed by atoms with Gasteiger partial charge in [-0.1, -0.05) is 24.0 Å². The molecule has 2 amide bonds. The number of alkyl carbamates (subject to hydrolysis) is 1. The zero-order valence-electron chi connectivity index (χ0n) is 14.2. The van der Waals surface area contributed by atoms with E-state index < -0.39 is 11.7 Å². The lowest BCUT2D eigenvalue weighted by molar-refractivity contribution is -0.118. The van der Waals surface area contributed by atoms with Crippen molar-refractivity contribution in [3.05, 3.63) is 35.4 Å². The van der Waals surface area contributed by atoms with Gasteiger partial charge in [-0.3, -0.25) is 4.79 Å². The number of ether oxygens (including phenoxy) is 1. The molecule has 5 nitrogen and oxygen atoms in total. The second kappa shape index (κ2) is 8.84. The van der Waals surface area contributed by atoms with Crippen LogP contribution >= 0.6 is 0 Å². The minimum Gasteiger partial charge on any atom is -0.444 e. The number of amides is 2. The summed E-state index contributed by atoms with van der Waals surface area (Å²) in [4.78, 5) is 22.4. The van der Waals surface area contributed by atoms with Gasteiger partial charge in [0, 0.05) is 32.0 Å². The molecule has 0 saturated carbocycles. The van der Waals surface area contributed by atoms with Gasteiger partial charge >= 0.3 is 6.09 Å². The molecule has 0 aliphatic carbocycles. The number of benzene rings is 1. The largest absolute Gasteiger partial charge is 0.444 e. The SMILES string of the molecule is CC(=O)NCCC#Cc1cccc(CNC(=O)OC(C)(C)C)c1. The van der Waals surface area contributed by atoms with Crippen LogP contribution in [0.4, 0.5) is 4.79 Å². The van der Waals surface area contributed by atoms with Crippen molar-refractivity contribution in [1.82, 2.24) is 10.6 Å². The van der Waals surface area contributed by atoms with Gasteiger partial charge < -0.3 is 15.4 Å². The van der Waals surface area contributed by atoms with Crippen LogP contribution in [0, 0.1) is 11.8 Å². The molecule has 0 atom stereocenters. The molecular formula is C18H24N2O3. The molecule has 0 heterocycles. The number of carbonyl (C=O) groups excluding carboxylic acids is 2. The molecule has 0 fully saturated rings. The predicted octanol–water partition coefficient (Wildman–Crippen LogP) is 2.59. The summed E-state index contributed by atoms with van der Waals surface area (Å²) >= 11 is 0. The maximum absolute atomic E-state index is 11.6. The molecule has 0 aromatic heterocycles. The minimum absolute atomic E-state index is 0.0537. The van der Waals surface area contributed by atoms with E-state index in [9.17, 15) is 9.59 Å². The highest BCUT2D eigenvalue weighted by Crippen LogP contribution is 2.08. The quantitative estimate of drug-likeness (QED) is 0.663. The Balaban J connectivity index is 2.49. The molecule has 0 aliphatic heterocycles. The zero-order valence-corrected chi connectivity index (χ0v) is 14.2. The minimum atomic E-state index is -0.509. The monoisotopic (exact) mass is 316 g/mol. The van der Waals surface area contributed by atoms with Crippen LogP contribution in [-0.2, 0) is 16.1 Å². The van der Waals surface area contributed by atoms with Crippen molar-refractivity contribution >= 4 is 12.0 Å². The molecule has 0 spiro atoms. The van der Waals surface area contributed by atoms with Crippen molar-refractivity contribution < 1.29 is 14.3 Å². The Labute approximate surface area is 137 Å². The molecule has 1 aromatic carbocycles. The first-order valence-corrected chi connectivity index (χ1v) is 7.55. The molecule has 23 heavy (non-hydrogen) atoms. The second-order valence-corrected chi connectivity index (χ2v) is 6.09. The highest BCUT2D eigenvalue weighted by atomic mass is 16.6. The third kappa shape index (κ3) is 9.20. The van der Waals surface area contributed by atoms with E-state index in [1.165, 1.54) is 6.92 Å². The van der Waals surface area contributed by atoms with Gasteiger partial charge in [0.15, 0.2) is 0 Å². The molecule has 0 bridgehead atoms. The van der Waals surface area contributed by atoms with Gasteiger partial charge in [-0.05, 0) is 38.5 Å². The van der Waals surface area contributed by atoms with E-state index in [0.29, 0.717) is 19.5 Å².